The van der Waals surface area contributed by atoms with Gasteiger partial charge in [0.1, 0.15) is 0 Å². The van der Waals surface area contributed by atoms with E-state index in [0.29, 0.717) is 5.41 Å². The first kappa shape index (κ1) is 15.5. The van der Waals surface area contributed by atoms with Crippen LogP contribution in [0.4, 0.5) is 0 Å². The zero-order valence-corrected chi connectivity index (χ0v) is 13.3. The lowest BCUT2D eigenvalue weighted by molar-refractivity contribution is 0.0426. The van der Waals surface area contributed by atoms with E-state index in [1.807, 2.05) is 0 Å². The highest BCUT2D eigenvalue weighted by Crippen LogP contribution is 2.43. The van der Waals surface area contributed by atoms with Crippen molar-refractivity contribution in [3.8, 4) is 0 Å². The van der Waals surface area contributed by atoms with Gasteiger partial charge in [-0.3, -0.25) is 4.90 Å². The van der Waals surface area contributed by atoms with E-state index in [4.69, 9.17) is 4.74 Å². The lowest BCUT2D eigenvalue weighted by atomic mass is 9.70. The summed E-state index contributed by atoms with van der Waals surface area (Å²) in [6.07, 6.45) is 6.69. The Kier molecular flexibility index (Phi) is 7.05. The molecule has 17 heavy (non-hydrogen) atoms. The summed E-state index contributed by atoms with van der Waals surface area (Å²) in [6, 6.07) is 0.724. The van der Waals surface area contributed by atoms with Gasteiger partial charge >= 0.3 is 0 Å². The average Bonchev–Trinajstić information content (AvgIpc) is 2.31. The molecule has 0 N–H and O–H groups in total. The topological polar surface area (TPSA) is 12.5 Å². The minimum Gasteiger partial charge on any atom is -0.383 e. The molecule has 3 heteroatoms. The summed E-state index contributed by atoms with van der Waals surface area (Å²) in [5, 5.41) is 1.16. The molecule has 0 bridgehead atoms. The molecule has 0 aliphatic heterocycles. The van der Waals surface area contributed by atoms with Gasteiger partial charge in [-0.25, -0.2) is 0 Å². The van der Waals surface area contributed by atoms with Crippen LogP contribution in [-0.4, -0.2) is 43.1 Å². The molecule has 1 saturated carbocycles. The summed E-state index contributed by atoms with van der Waals surface area (Å²) in [4.78, 5) is 2.66. The molecule has 0 spiro atoms. The average molecular weight is 306 g/mol. The Hall–Kier alpha value is 0.400. The highest BCUT2D eigenvalue weighted by molar-refractivity contribution is 9.09. The predicted molar refractivity (Wildman–Crippen MR) is 77.9 cm³/mol. The number of hydrogen-bond donors (Lipinski definition) is 0. The minimum atomic E-state index is 0.552. The zero-order valence-electron chi connectivity index (χ0n) is 11.7. The molecular weight excluding hydrogens is 278 g/mol. The monoisotopic (exact) mass is 305 g/mol. The van der Waals surface area contributed by atoms with Crippen molar-refractivity contribution in [3.63, 3.8) is 0 Å². The van der Waals surface area contributed by atoms with Crippen LogP contribution >= 0.6 is 15.9 Å². The van der Waals surface area contributed by atoms with Gasteiger partial charge in [-0.05, 0) is 31.1 Å². The van der Waals surface area contributed by atoms with E-state index in [2.05, 4.69) is 34.7 Å². The highest BCUT2D eigenvalue weighted by Gasteiger charge is 2.38. The van der Waals surface area contributed by atoms with Crippen LogP contribution in [0, 0.1) is 5.41 Å². The Morgan fingerprint density at radius 1 is 1.29 bits per heavy atom. The first-order valence-electron chi connectivity index (χ1n) is 7.00. The fraction of sp³-hybridized carbons (Fsp3) is 1.00. The first-order valence-corrected chi connectivity index (χ1v) is 8.12. The summed E-state index contributed by atoms with van der Waals surface area (Å²) < 4.78 is 5.26. The van der Waals surface area contributed by atoms with Crippen molar-refractivity contribution in [2.45, 2.75) is 52.0 Å². The van der Waals surface area contributed by atoms with Crippen LogP contribution < -0.4 is 0 Å². The van der Waals surface area contributed by atoms with Gasteiger partial charge in [-0.2, -0.15) is 0 Å². The predicted octanol–water partition coefficient (Wildman–Crippen LogP) is 3.69. The molecule has 1 aliphatic carbocycles. The maximum Gasteiger partial charge on any atom is 0.0589 e. The van der Waals surface area contributed by atoms with Crippen molar-refractivity contribution in [1.29, 1.82) is 0 Å². The molecule has 0 aromatic heterocycles. The Bertz CT molecular complexity index is 197. The van der Waals surface area contributed by atoms with Crippen molar-refractivity contribution >= 4 is 15.9 Å². The van der Waals surface area contributed by atoms with Crippen LogP contribution in [0.5, 0.6) is 0 Å². The van der Waals surface area contributed by atoms with Crippen LogP contribution in [0.2, 0.25) is 0 Å². The van der Waals surface area contributed by atoms with Gasteiger partial charge in [0.2, 0.25) is 0 Å². The molecule has 2 nitrogen and oxygen atoms in total. The van der Waals surface area contributed by atoms with Crippen LogP contribution in [0.25, 0.3) is 0 Å². The van der Waals surface area contributed by atoms with Crippen LogP contribution in [0.3, 0.4) is 0 Å². The van der Waals surface area contributed by atoms with E-state index in [-0.39, 0.29) is 0 Å². The van der Waals surface area contributed by atoms with E-state index in [9.17, 15) is 0 Å². The second-order valence-electron chi connectivity index (χ2n) is 5.42. The van der Waals surface area contributed by atoms with Gasteiger partial charge in [0.05, 0.1) is 6.61 Å². The molecule has 0 heterocycles. The van der Waals surface area contributed by atoms with E-state index in [0.717, 1.165) is 24.5 Å². The van der Waals surface area contributed by atoms with Crippen molar-refractivity contribution in [3.05, 3.63) is 0 Å². The third kappa shape index (κ3) is 4.22. The number of hydrogen-bond acceptors (Lipinski definition) is 2. The van der Waals surface area contributed by atoms with Crippen LogP contribution in [-0.2, 0) is 4.74 Å². The zero-order chi connectivity index (χ0) is 12.7. The molecule has 102 valence electrons. The van der Waals surface area contributed by atoms with Crippen molar-refractivity contribution in [1.82, 2.24) is 4.90 Å². The second-order valence-corrected chi connectivity index (χ2v) is 5.98. The lowest BCUT2D eigenvalue weighted by Crippen LogP contribution is -2.48. The number of methoxy groups -OCH3 is 1. The number of ether oxygens (including phenoxy) is 1. The van der Waals surface area contributed by atoms with Crippen LogP contribution in [0.15, 0.2) is 0 Å². The van der Waals surface area contributed by atoms with Gasteiger partial charge in [-0.1, -0.05) is 36.2 Å². The lowest BCUT2D eigenvalue weighted by Gasteiger charge is -2.46. The standard InChI is InChI=1S/C14H28BrNO/c1-4-13(5-2)16(9-10-17-3)12-14(11-15)7-6-8-14/h13H,4-12H2,1-3H3. The summed E-state index contributed by atoms with van der Waals surface area (Å²) >= 11 is 3.72. The SMILES string of the molecule is CCC(CC)N(CCOC)CC1(CBr)CCC1. The number of alkyl halides is 1. The molecule has 0 aromatic carbocycles. The molecule has 1 aliphatic rings. The largest absolute Gasteiger partial charge is 0.383 e. The van der Waals surface area contributed by atoms with E-state index in [1.165, 1.54) is 38.6 Å². The van der Waals surface area contributed by atoms with Crippen molar-refractivity contribution in [2.75, 3.05) is 32.1 Å². The summed E-state index contributed by atoms with van der Waals surface area (Å²) in [5.74, 6) is 0. The van der Waals surface area contributed by atoms with Gasteiger partial charge < -0.3 is 4.74 Å². The Morgan fingerprint density at radius 3 is 2.29 bits per heavy atom. The second kappa shape index (κ2) is 7.75. The quantitative estimate of drug-likeness (QED) is 0.602. The molecule has 0 atom stereocenters. The Morgan fingerprint density at radius 2 is 1.94 bits per heavy atom. The highest BCUT2D eigenvalue weighted by atomic mass is 79.9. The third-order valence-corrected chi connectivity index (χ3v) is 5.47. The molecular formula is C14H28BrNO. The molecule has 0 unspecified atom stereocenters. The van der Waals surface area contributed by atoms with Crippen molar-refractivity contribution in [2.24, 2.45) is 5.41 Å². The third-order valence-electron chi connectivity index (χ3n) is 4.28. The van der Waals surface area contributed by atoms with Gasteiger partial charge in [0, 0.05) is 31.6 Å². The molecule has 0 radical (unpaired) electrons. The van der Waals surface area contributed by atoms with E-state index >= 15 is 0 Å². The van der Waals surface area contributed by atoms with Crippen molar-refractivity contribution < 1.29 is 4.74 Å². The van der Waals surface area contributed by atoms with E-state index in [1.54, 1.807) is 7.11 Å². The normalized spacial score (nSPS) is 18.7. The maximum absolute atomic E-state index is 5.26. The molecule has 0 amide bonds. The number of halogens is 1. The Labute approximate surface area is 115 Å². The van der Waals surface area contributed by atoms with Gasteiger partial charge in [-0.15, -0.1) is 0 Å². The molecule has 1 fully saturated rings. The smallest absolute Gasteiger partial charge is 0.0589 e. The fourth-order valence-corrected chi connectivity index (χ4v) is 3.58. The number of rotatable bonds is 9. The fourth-order valence-electron chi connectivity index (χ4n) is 2.85. The Balaban J connectivity index is 2.55. The first-order chi connectivity index (χ1) is 8.21. The van der Waals surface area contributed by atoms with Crippen LogP contribution in [0.1, 0.15) is 46.0 Å². The summed E-state index contributed by atoms with van der Waals surface area (Å²) in [7, 11) is 1.80. The molecule has 0 aromatic rings. The van der Waals surface area contributed by atoms with Gasteiger partial charge in [0.15, 0.2) is 0 Å². The summed E-state index contributed by atoms with van der Waals surface area (Å²) in [6.45, 7) is 7.78. The van der Waals surface area contributed by atoms with E-state index < -0.39 is 0 Å². The molecule has 1 rings (SSSR count). The maximum atomic E-state index is 5.26. The number of nitrogens with zero attached hydrogens (tertiary/aromatic N) is 1. The summed E-state index contributed by atoms with van der Waals surface area (Å²) in [5.41, 5.74) is 0.552. The van der Waals surface area contributed by atoms with Gasteiger partial charge in [0.25, 0.3) is 0 Å². The molecule has 0 saturated heterocycles. The minimum absolute atomic E-state index is 0.552.